The highest BCUT2D eigenvalue weighted by molar-refractivity contribution is 6.32. The van der Waals surface area contributed by atoms with E-state index in [1.165, 1.54) is 27.3 Å². The highest BCUT2D eigenvalue weighted by atomic mass is 35.5. The van der Waals surface area contributed by atoms with Crippen LogP contribution in [-0.2, 0) is 9.59 Å². The molecule has 0 saturated carbocycles. The minimum Gasteiger partial charge on any atom is -0.493 e. The van der Waals surface area contributed by atoms with Gasteiger partial charge in [-0.15, -0.1) is 0 Å². The third kappa shape index (κ3) is 4.80. The van der Waals surface area contributed by atoms with Crippen LogP contribution < -0.4 is 14.2 Å². The maximum Gasteiger partial charge on any atom is 0.333 e. The van der Waals surface area contributed by atoms with Crippen LogP contribution >= 0.6 is 11.6 Å². The molecule has 4 amide bonds. The molecule has 1 heterocycles. The molecule has 2 aromatic carbocycles. The number of likely N-dealkylation sites (N-methyl/N-ethyl adjacent to an activating group) is 2. The smallest absolute Gasteiger partial charge is 0.333 e. The van der Waals surface area contributed by atoms with Crippen molar-refractivity contribution in [3.63, 3.8) is 0 Å². The van der Waals surface area contributed by atoms with E-state index in [0.717, 1.165) is 9.80 Å². The Balaban J connectivity index is 1.70. The Morgan fingerprint density at radius 2 is 1.48 bits per heavy atom. The fraction of sp³-hybridized carbons (Fsp3) is 0.227. The SMILES string of the molecule is COc1cc(C=C2C(=O)N(C)C(=O)N(C)C2=O)ccc1OCCOc1ccccc1Cl. The second-order valence-corrected chi connectivity index (χ2v) is 7.01. The van der Waals surface area contributed by atoms with Crippen molar-refractivity contribution in [3.05, 3.63) is 58.6 Å². The predicted octanol–water partition coefficient (Wildman–Crippen LogP) is 3.24. The molecule has 0 spiro atoms. The fourth-order valence-electron chi connectivity index (χ4n) is 2.90. The number of carbonyl (C=O) groups excluding carboxylic acids is 3. The zero-order chi connectivity index (χ0) is 22.5. The van der Waals surface area contributed by atoms with Crippen molar-refractivity contribution in [2.75, 3.05) is 34.4 Å². The fourth-order valence-corrected chi connectivity index (χ4v) is 3.09. The second kappa shape index (κ2) is 9.53. The van der Waals surface area contributed by atoms with Crippen molar-refractivity contribution in [1.29, 1.82) is 0 Å². The number of para-hydroxylation sites is 1. The van der Waals surface area contributed by atoms with E-state index in [2.05, 4.69) is 0 Å². The van der Waals surface area contributed by atoms with E-state index in [1.54, 1.807) is 30.3 Å². The number of methoxy groups -OCH3 is 1. The normalized spacial score (nSPS) is 14.1. The number of carbonyl (C=O) groups is 3. The molecule has 0 bridgehead atoms. The predicted molar refractivity (Wildman–Crippen MR) is 114 cm³/mol. The first kappa shape index (κ1) is 22.2. The van der Waals surface area contributed by atoms with Crippen LogP contribution in [0.15, 0.2) is 48.0 Å². The van der Waals surface area contributed by atoms with Gasteiger partial charge in [0.15, 0.2) is 11.5 Å². The average Bonchev–Trinajstić information content (AvgIpc) is 2.78. The van der Waals surface area contributed by atoms with Crippen molar-refractivity contribution in [1.82, 2.24) is 9.80 Å². The summed E-state index contributed by atoms with van der Waals surface area (Å²) in [5.74, 6) is 0.129. The Hall–Kier alpha value is -3.52. The summed E-state index contributed by atoms with van der Waals surface area (Å²) < 4.78 is 16.7. The number of imide groups is 2. The summed E-state index contributed by atoms with van der Waals surface area (Å²) in [7, 11) is 4.13. The Morgan fingerprint density at radius 3 is 2.10 bits per heavy atom. The Kier molecular flexibility index (Phi) is 6.81. The molecule has 0 aliphatic carbocycles. The average molecular weight is 445 g/mol. The number of halogens is 1. The summed E-state index contributed by atoms with van der Waals surface area (Å²) in [6.07, 6.45) is 1.41. The lowest BCUT2D eigenvalue weighted by molar-refractivity contribution is -0.134. The van der Waals surface area contributed by atoms with Crippen LogP contribution in [0.5, 0.6) is 17.2 Å². The Bertz CT molecular complexity index is 1030. The molecule has 0 atom stereocenters. The quantitative estimate of drug-likeness (QED) is 0.370. The second-order valence-electron chi connectivity index (χ2n) is 6.61. The third-order valence-corrected chi connectivity index (χ3v) is 4.89. The van der Waals surface area contributed by atoms with E-state index in [9.17, 15) is 14.4 Å². The number of rotatable bonds is 7. The highest BCUT2D eigenvalue weighted by Crippen LogP contribution is 2.30. The van der Waals surface area contributed by atoms with Crippen LogP contribution in [-0.4, -0.2) is 62.1 Å². The van der Waals surface area contributed by atoms with Gasteiger partial charge in [-0.2, -0.15) is 0 Å². The van der Waals surface area contributed by atoms with Gasteiger partial charge in [-0.25, -0.2) is 4.79 Å². The van der Waals surface area contributed by atoms with E-state index < -0.39 is 17.8 Å². The Morgan fingerprint density at radius 1 is 0.871 bits per heavy atom. The first-order valence-corrected chi connectivity index (χ1v) is 9.71. The van der Waals surface area contributed by atoms with E-state index in [-0.39, 0.29) is 18.8 Å². The molecule has 1 aliphatic heterocycles. The monoisotopic (exact) mass is 444 g/mol. The van der Waals surface area contributed by atoms with Crippen LogP contribution in [0, 0.1) is 0 Å². The number of amides is 4. The largest absolute Gasteiger partial charge is 0.493 e. The summed E-state index contributed by atoms with van der Waals surface area (Å²) >= 11 is 6.05. The molecule has 0 unspecified atom stereocenters. The molecule has 8 nitrogen and oxygen atoms in total. The van der Waals surface area contributed by atoms with Crippen molar-refractivity contribution in [2.45, 2.75) is 0 Å². The van der Waals surface area contributed by atoms with Crippen LogP contribution in [0.25, 0.3) is 6.08 Å². The van der Waals surface area contributed by atoms with Gasteiger partial charge in [0, 0.05) is 14.1 Å². The minimum atomic E-state index is -0.674. The van der Waals surface area contributed by atoms with Gasteiger partial charge in [-0.1, -0.05) is 29.8 Å². The molecular weight excluding hydrogens is 424 g/mol. The summed E-state index contributed by atoms with van der Waals surface area (Å²) in [6.45, 7) is 0.519. The molecule has 3 rings (SSSR count). The van der Waals surface area contributed by atoms with E-state index in [4.69, 9.17) is 25.8 Å². The molecule has 0 N–H and O–H groups in total. The van der Waals surface area contributed by atoms with Gasteiger partial charge in [-0.3, -0.25) is 19.4 Å². The summed E-state index contributed by atoms with van der Waals surface area (Å²) in [5.41, 5.74) is 0.429. The van der Waals surface area contributed by atoms with Crippen LogP contribution in [0.3, 0.4) is 0 Å². The van der Waals surface area contributed by atoms with Crippen LogP contribution in [0.4, 0.5) is 4.79 Å². The molecule has 1 aliphatic rings. The van der Waals surface area contributed by atoms with Crippen molar-refractivity contribution in [3.8, 4) is 17.2 Å². The number of hydrogen-bond acceptors (Lipinski definition) is 6. The molecule has 9 heteroatoms. The van der Waals surface area contributed by atoms with Crippen molar-refractivity contribution < 1.29 is 28.6 Å². The maximum atomic E-state index is 12.3. The minimum absolute atomic E-state index is 0.117. The number of benzene rings is 2. The van der Waals surface area contributed by atoms with Crippen molar-refractivity contribution >= 4 is 35.5 Å². The van der Waals surface area contributed by atoms with Gasteiger partial charge in [0.25, 0.3) is 11.8 Å². The molecule has 31 heavy (non-hydrogen) atoms. The number of barbiturate groups is 1. The van der Waals surface area contributed by atoms with E-state index >= 15 is 0 Å². The van der Waals surface area contributed by atoms with Gasteiger partial charge >= 0.3 is 6.03 Å². The molecule has 1 fully saturated rings. The summed E-state index contributed by atoms with van der Waals surface area (Å²) in [6, 6.07) is 11.4. The number of hydrogen-bond donors (Lipinski definition) is 0. The third-order valence-electron chi connectivity index (χ3n) is 4.58. The first-order chi connectivity index (χ1) is 14.8. The summed E-state index contributed by atoms with van der Waals surface area (Å²) in [4.78, 5) is 38.3. The molecule has 162 valence electrons. The van der Waals surface area contributed by atoms with Gasteiger partial charge in [0.05, 0.1) is 12.1 Å². The molecule has 1 saturated heterocycles. The lowest BCUT2D eigenvalue weighted by atomic mass is 10.1. The lowest BCUT2D eigenvalue weighted by Gasteiger charge is -2.28. The number of ether oxygens (including phenoxy) is 3. The van der Waals surface area contributed by atoms with E-state index in [1.807, 2.05) is 12.1 Å². The molecular formula is C22H21ClN2O6. The standard InChI is InChI=1S/C22H21ClN2O6/c1-24-20(26)15(21(27)25(2)22(24)28)12-14-8-9-18(19(13-14)29-3)31-11-10-30-17-7-5-4-6-16(17)23/h4-9,12-13H,10-11H2,1-3H3. The van der Waals surface area contributed by atoms with Gasteiger partial charge in [0.2, 0.25) is 0 Å². The van der Waals surface area contributed by atoms with E-state index in [0.29, 0.717) is 27.8 Å². The number of nitrogens with zero attached hydrogens (tertiary/aromatic N) is 2. The summed E-state index contributed by atoms with van der Waals surface area (Å²) in [5, 5.41) is 0.516. The molecule has 0 radical (unpaired) electrons. The molecule has 0 aromatic heterocycles. The van der Waals surface area contributed by atoms with Gasteiger partial charge in [0.1, 0.15) is 24.5 Å². The van der Waals surface area contributed by atoms with Crippen LogP contribution in [0.1, 0.15) is 5.56 Å². The zero-order valence-corrected chi connectivity index (χ0v) is 18.0. The lowest BCUT2D eigenvalue weighted by Crippen LogP contribution is -2.52. The number of urea groups is 1. The maximum absolute atomic E-state index is 12.3. The van der Waals surface area contributed by atoms with Gasteiger partial charge in [-0.05, 0) is 35.9 Å². The van der Waals surface area contributed by atoms with Crippen molar-refractivity contribution in [2.24, 2.45) is 0 Å². The zero-order valence-electron chi connectivity index (χ0n) is 17.3. The Labute approximate surface area is 184 Å². The first-order valence-electron chi connectivity index (χ1n) is 9.33. The van der Waals surface area contributed by atoms with Gasteiger partial charge < -0.3 is 14.2 Å². The molecule has 2 aromatic rings. The van der Waals surface area contributed by atoms with Crippen LogP contribution in [0.2, 0.25) is 5.02 Å². The highest BCUT2D eigenvalue weighted by Gasteiger charge is 2.37. The topological polar surface area (TPSA) is 85.4 Å².